The second-order valence-corrected chi connectivity index (χ2v) is 5.80. The van der Waals surface area contributed by atoms with Crippen LogP contribution in [0.5, 0.6) is 11.5 Å². The summed E-state index contributed by atoms with van der Waals surface area (Å²) < 4.78 is 10.7. The molecule has 2 aromatic carbocycles. The number of rotatable bonds is 6. The van der Waals surface area contributed by atoms with E-state index in [-0.39, 0.29) is 5.91 Å². The number of nitrogens with one attached hydrogen (secondary N) is 1. The fourth-order valence-corrected chi connectivity index (χ4v) is 2.94. The Bertz CT molecular complexity index is 753. The lowest BCUT2D eigenvalue weighted by molar-refractivity contribution is -0.116. The Morgan fingerprint density at radius 2 is 1.88 bits per heavy atom. The molecule has 1 aliphatic rings. The molecule has 3 rings (SSSR count). The van der Waals surface area contributed by atoms with E-state index in [9.17, 15) is 4.79 Å². The minimum absolute atomic E-state index is 0.0761. The van der Waals surface area contributed by atoms with Gasteiger partial charge in [-0.15, -0.1) is 0 Å². The van der Waals surface area contributed by atoms with E-state index in [2.05, 4.69) is 5.32 Å². The molecule has 0 saturated heterocycles. The number of hydrogen-bond donors (Lipinski definition) is 1. The minimum atomic E-state index is -0.0761. The molecule has 1 aliphatic carbocycles. The van der Waals surface area contributed by atoms with Crippen LogP contribution in [0.1, 0.15) is 22.6 Å². The van der Waals surface area contributed by atoms with Crippen LogP contribution in [-0.2, 0) is 11.2 Å². The van der Waals surface area contributed by atoms with Gasteiger partial charge in [-0.25, -0.2) is 0 Å². The first-order valence-electron chi connectivity index (χ1n) is 7.97. The third-order valence-corrected chi connectivity index (χ3v) is 4.30. The summed E-state index contributed by atoms with van der Waals surface area (Å²) in [4.78, 5) is 12.0. The van der Waals surface area contributed by atoms with Gasteiger partial charge in [0, 0.05) is 18.5 Å². The van der Waals surface area contributed by atoms with Gasteiger partial charge in [0.2, 0.25) is 5.91 Å². The van der Waals surface area contributed by atoms with Crippen molar-refractivity contribution < 1.29 is 14.3 Å². The maximum Gasteiger partial charge on any atom is 0.244 e. The zero-order chi connectivity index (χ0) is 16.9. The van der Waals surface area contributed by atoms with Crippen molar-refractivity contribution in [1.29, 1.82) is 0 Å². The summed E-state index contributed by atoms with van der Waals surface area (Å²) >= 11 is 0. The molecule has 4 nitrogen and oxygen atoms in total. The van der Waals surface area contributed by atoms with E-state index < -0.39 is 0 Å². The van der Waals surface area contributed by atoms with Crippen molar-refractivity contribution in [3.8, 4) is 11.5 Å². The zero-order valence-electron chi connectivity index (χ0n) is 13.9. The number of amides is 1. The molecule has 4 heteroatoms. The van der Waals surface area contributed by atoms with E-state index in [1.165, 1.54) is 11.1 Å². The average Bonchev–Trinajstić information content (AvgIpc) is 2.61. The molecular formula is C20H21NO3. The van der Waals surface area contributed by atoms with Crippen LogP contribution in [0, 0.1) is 0 Å². The Kier molecular flexibility index (Phi) is 4.85. The first-order valence-corrected chi connectivity index (χ1v) is 7.97. The van der Waals surface area contributed by atoms with Gasteiger partial charge >= 0.3 is 0 Å². The molecular weight excluding hydrogens is 302 g/mol. The van der Waals surface area contributed by atoms with Crippen molar-refractivity contribution in [2.45, 2.75) is 12.3 Å². The summed E-state index contributed by atoms with van der Waals surface area (Å²) in [5, 5.41) is 2.96. The number of ether oxygens (including phenoxy) is 2. The van der Waals surface area contributed by atoms with Gasteiger partial charge in [-0.2, -0.15) is 0 Å². The van der Waals surface area contributed by atoms with Gasteiger partial charge in [0.25, 0.3) is 0 Å². The lowest BCUT2D eigenvalue weighted by atomic mass is 9.77. The highest BCUT2D eigenvalue weighted by atomic mass is 16.5. The minimum Gasteiger partial charge on any atom is -0.493 e. The summed E-state index contributed by atoms with van der Waals surface area (Å²) in [6, 6.07) is 13.8. The van der Waals surface area contributed by atoms with E-state index in [4.69, 9.17) is 9.47 Å². The van der Waals surface area contributed by atoms with Gasteiger partial charge in [0.15, 0.2) is 11.5 Å². The number of benzene rings is 2. The molecule has 1 atom stereocenters. The van der Waals surface area contributed by atoms with E-state index >= 15 is 0 Å². The third kappa shape index (κ3) is 3.43. The molecule has 1 N–H and O–H groups in total. The van der Waals surface area contributed by atoms with E-state index in [1.807, 2.05) is 48.5 Å². The summed E-state index contributed by atoms with van der Waals surface area (Å²) in [5.41, 5.74) is 3.49. The predicted molar refractivity (Wildman–Crippen MR) is 94.5 cm³/mol. The molecule has 0 heterocycles. The molecule has 2 aromatic rings. The zero-order valence-corrected chi connectivity index (χ0v) is 13.9. The van der Waals surface area contributed by atoms with Gasteiger partial charge in [-0.1, -0.05) is 30.3 Å². The molecule has 1 unspecified atom stereocenters. The van der Waals surface area contributed by atoms with Crippen molar-refractivity contribution in [3.63, 3.8) is 0 Å². The molecule has 0 radical (unpaired) electrons. The Morgan fingerprint density at radius 3 is 2.58 bits per heavy atom. The van der Waals surface area contributed by atoms with E-state index in [1.54, 1.807) is 20.3 Å². The molecule has 0 aromatic heterocycles. The van der Waals surface area contributed by atoms with Crippen LogP contribution < -0.4 is 14.8 Å². The summed E-state index contributed by atoms with van der Waals surface area (Å²) in [5.74, 6) is 1.74. The SMILES string of the molecule is COc1cc2c(cc1OC)C(CNC(=O)/C=C/c1ccccc1)C2. The fraction of sp³-hybridized carbons (Fsp3) is 0.250. The molecule has 0 bridgehead atoms. The number of carbonyl (C=O) groups is 1. The Labute approximate surface area is 142 Å². The summed E-state index contributed by atoms with van der Waals surface area (Å²) in [7, 11) is 3.27. The van der Waals surface area contributed by atoms with Gasteiger partial charge in [-0.3, -0.25) is 4.79 Å². The molecule has 124 valence electrons. The van der Waals surface area contributed by atoms with Crippen LogP contribution in [-0.4, -0.2) is 26.7 Å². The second-order valence-electron chi connectivity index (χ2n) is 5.80. The normalized spacial score (nSPS) is 15.5. The van der Waals surface area contributed by atoms with Crippen molar-refractivity contribution in [2.75, 3.05) is 20.8 Å². The summed E-state index contributed by atoms with van der Waals surface area (Å²) in [6.07, 6.45) is 4.33. The Morgan fingerprint density at radius 1 is 1.17 bits per heavy atom. The first-order chi connectivity index (χ1) is 11.7. The van der Waals surface area contributed by atoms with Crippen LogP contribution in [0.2, 0.25) is 0 Å². The van der Waals surface area contributed by atoms with Crippen LogP contribution in [0.25, 0.3) is 6.08 Å². The smallest absolute Gasteiger partial charge is 0.244 e. The highest BCUT2D eigenvalue weighted by Gasteiger charge is 2.28. The van der Waals surface area contributed by atoms with Crippen molar-refractivity contribution in [1.82, 2.24) is 5.32 Å². The van der Waals surface area contributed by atoms with E-state index in [0.717, 1.165) is 23.5 Å². The summed E-state index contributed by atoms with van der Waals surface area (Å²) in [6.45, 7) is 0.625. The molecule has 24 heavy (non-hydrogen) atoms. The molecule has 0 fully saturated rings. The van der Waals surface area contributed by atoms with Gasteiger partial charge in [0.05, 0.1) is 14.2 Å². The molecule has 0 spiro atoms. The van der Waals surface area contributed by atoms with Crippen LogP contribution in [0.4, 0.5) is 0 Å². The maximum atomic E-state index is 12.0. The number of carbonyl (C=O) groups excluding carboxylic acids is 1. The van der Waals surface area contributed by atoms with Gasteiger partial charge in [-0.05, 0) is 41.3 Å². The van der Waals surface area contributed by atoms with Crippen LogP contribution >= 0.6 is 0 Å². The Hall–Kier alpha value is -2.75. The lowest BCUT2D eigenvalue weighted by Gasteiger charge is -2.31. The molecule has 0 aliphatic heterocycles. The lowest BCUT2D eigenvalue weighted by Crippen LogP contribution is -2.32. The van der Waals surface area contributed by atoms with Crippen molar-refractivity contribution in [2.24, 2.45) is 0 Å². The first kappa shape index (κ1) is 16.1. The number of fused-ring (bicyclic) bond motifs is 1. The second kappa shape index (κ2) is 7.21. The fourth-order valence-electron chi connectivity index (χ4n) is 2.94. The van der Waals surface area contributed by atoms with Gasteiger partial charge in [0.1, 0.15) is 0 Å². The van der Waals surface area contributed by atoms with E-state index in [0.29, 0.717) is 12.5 Å². The molecule has 0 saturated carbocycles. The third-order valence-electron chi connectivity index (χ3n) is 4.30. The number of methoxy groups -OCH3 is 2. The average molecular weight is 323 g/mol. The standard InChI is InChI=1S/C20H21NO3/c1-23-18-11-15-10-16(17(15)12-19(18)24-2)13-21-20(22)9-8-14-6-4-3-5-7-14/h3-9,11-12,16H,10,13H2,1-2H3,(H,21,22)/b9-8+. The quantitative estimate of drug-likeness (QED) is 0.831. The largest absolute Gasteiger partial charge is 0.493 e. The highest BCUT2D eigenvalue weighted by molar-refractivity contribution is 5.91. The van der Waals surface area contributed by atoms with Crippen LogP contribution in [0.15, 0.2) is 48.5 Å². The highest BCUT2D eigenvalue weighted by Crippen LogP contribution is 2.41. The maximum absolute atomic E-state index is 12.0. The van der Waals surface area contributed by atoms with Crippen LogP contribution in [0.3, 0.4) is 0 Å². The Balaban J connectivity index is 1.57. The predicted octanol–water partition coefficient (Wildman–Crippen LogP) is 3.17. The van der Waals surface area contributed by atoms with Crippen molar-refractivity contribution in [3.05, 3.63) is 65.2 Å². The van der Waals surface area contributed by atoms with Crippen molar-refractivity contribution >= 4 is 12.0 Å². The monoisotopic (exact) mass is 323 g/mol. The van der Waals surface area contributed by atoms with Gasteiger partial charge < -0.3 is 14.8 Å². The molecule has 1 amide bonds. The topological polar surface area (TPSA) is 47.6 Å². The number of hydrogen-bond acceptors (Lipinski definition) is 3.